The molecule has 68 heavy (non-hydrogen) atoms. The van der Waals surface area contributed by atoms with E-state index in [1.54, 1.807) is 0 Å². The number of carbonyl (C=O) groups is 7. The van der Waals surface area contributed by atoms with Crippen LogP contribution in [0.1, 0.15) is 158 Å². The Morgan fingerprint density at radius 3 is 1.24 bits per heavy atom. The first-order chi connectivity index (χ1) is 32.5. The Labute approximate surface area is 406 Å². The minimum Gasteiger partial charge on any atom is -0.463 e. The van der Waals surface area contributed by atoms with Gasteiger partial charge in [0.05, 0.1) is 19.8 Å². The third kappa shape index (κ3) is 25.9. The molecule has 0 unspecified atom stereocenters. The molecule has 392 valence electrons. The fourth-order valence-electron chi connectivity index (χ4n) is 7.90. The lowest BCUT2D eigenvalue weighted by Gasteiger charge is -2.48. The lowest BCUT2D eigenvalue weighted by atomic mass is 9.96. The number of esters is 7. The molecule has 0 spiro atoms. The van der Waals surface area contributed by atoms with E-state index in [4.69, 9.17) is 56.8 Å². The zero-order valence-electron chi connectivity index (χ0n) is 41.7. The predicted molar refractivity (Wildman–Crippen MR) is 247 cm³/mol. The van der Waals surface area contributed by atoms with Crippen molar-refractivity contribution in [2.45, 2.75) is 219 Å². The van der Waals surface area contributed by atoms with Gasteiger partial charge in [-0.25, -0.2) is 0 Å². The molecule has 0 aromatic rings. The van der Waals surface area contributed by atoms with Gasteiger partial charge in [-0.1, -0.05) is 103 Å². The van der Waals surface area contributed by atoms with E-state index in [9.17, 15) is 33.6 Å². The summed E-state index contributed by atoms with van der Waals surface area (Å²) < 4.78 is 69.0. The number of rotatable bonds is 35. The van der Waals surface area contributed by atoms with Crippen molar-refractivity contribution in [2.75, 3.05) is 45.4 Å². The third-order valence-corrected chi connectivity index (χ3v) is 12.0. The zero-order chi connectivity index (χ0) is 50.3. The lowest BCUT2D eigenvalue weighted by molar-refractivity contribution is -0.341. The van der Waals surface area contributed by atoms with Gasteiger partial charge in [-0.15, -0.1) is 11.8 Å². The Hall–Kier alpha value is -3.56. The first-order valence-electron chi connectivity index (χ1n) is 24.4. The standard InChI is InChI=1S/C48H80O19S/c1-9-10-11-12-13-14-15-16-17-18-19-20-21-22-23-24-25-56-26-27-57-28-29-68-48-46(64-38(8)55)44(62-36(6)53)42(40(66-48)31-59-33(3)50)67-47-45(63-37(7)54)43(61-35(5)52)41(60-34(4)51)39(65-47)30-58-32(2)49/h39-48H,9-31H2,1-8H3/t39-,40-,41+,42-,43+,44+,45-,46-,47+,48+/m1/s1. The fraction of sp³-hybridized carbons (Fsp3) is 0.854. The summed E-state index contributed by atoms with van der Waals surface area (Å²) in [5.41, 5.74) is -1.03. The summed E-state index contributed by atoms with van der Waals surface area (Å²) in [6.45, 7) is 10.6. The van der Waals surface area contributed by atoms with E-state index in [1.165, 1.54) is 102 Å². The highest BCUT2D eigenvalue weighted by atomic mass is 32.2. The largest absolute Gasteiger partial charge is 0.463 e. The molecule has 2 fully saturated rings. The van der Waals surface area contributed by atoms with Gasteiger partial charge in [0.15, 0.2) is 36.8 Å². The maximum absolute atomic E-state index is 12.7. The normalized spacial score (nSPS) is 24.6. The average Bonchev–Trinajstić information content (AvgIpc) is 3.25. The summed E-state index contributed by atoms with van der Waals surface area (Å²) in [6, 6.07) is 0. The first-order valence-corrected chi connectivity index (χ1v) is 25.4. The molecule has 19 nitrogen and oxygen atoms in total. The highest BCUT2D eigenvalue weighted by Gasteiger charge is 2.57. The van der Waals surface area contributed by atoms with E-state index in [0.29, 0.717) is 25.6 Å². The number of thioether (sulfide) groups is 1. The van der Waals surface area contributed by atoms with Crippen molar-refractivity contribution in [2.24, 2.45) is 0 Å². The highest BCUT2D eigenvalue weighted by molar-refractivity contribution is 7.99. The van der Waals surface area contributed by atoms with Gasteiger partial charge < -0.3 is 56.8 Å². The maximum atomic E-state index is 12.7. The molecule has 20 heteroatoms. The van der Waals surface area contributed by atoms with E-state index >= 15 is 0 Å². The van der Waals surface area contributed by atoms with Gasteiger partial charge in [0, 0.05) is 60.8 Å². The second-order valence-corrected chi connectivity index (χ2v) is 18.3. The van der Waals surface area contributed by atoms with Crippen molar-refractivity contribution in [3.05, 3.63) is 0 Å². The van der Waals surface area contributed by atoms with E-state index in [-0.39, 0.29) is 6.61 Å². The van der Waals surface area contributed by atoms with Crippen molar-refractivity contribution < 1.29 is 90.4 Å². The van der Waals surface area contributed by atoms with E-state index in [2.05, 4.69) is 6.92 Å². The summed E-state index contributed by atoms with van der Waals surface area (Å²) in [5, 5.41) is 0. The maximum Gasteiger partial charge on any atom is 0.303 e. The Morgan fingerprint density at radius 2 is 0.779 bits per heavy atom. The monoisotopic (exact) mass is 993 g/mol. The van der Waals surface area contributed by atoms with Crippen LogP contribution < -0.4 is 0 Å². The van der Waals surface area contributed by atoms with Gasteiger partial charge >= 0.3 is 41.8 Å². The van der Waals surface area contributed by atoms with Crippen LogP contribution in [0.3, 0.4) is 0 Å². The Bertz CT molecular complexity index is 1500. The molecule has 0 saturated carbocycles. The molecule has 10 atom stereocenters. The minimum atomic E-state index is -1.76. The molecule has 2 heterocycles. The molecule has 0 aliphatic carbocycles. The Morgan fingerprint density at radius 1 is 0.397 bits per heavy atom. The van der Waals surface area contributed by atoms with Crippen LogP contribution in [0.2, 0.25) is 0 Å². The molecule has 0 radical (unpaired) electrons. The quantitative estimate of drug-likeness (QED) is 0.0368. The average molecular weight is 993 g/mol. The van der Waals surface area contributed by atoms with Crippen LogP contribution in [0, 0.1) is 0 Å². The predicted octanol–water partition coefficient (Wildman–Crippen LogP) is 6.63. The molecule has 2 rings (SSSR count). The molecule has 0 bridgehead atoms. The van der Waals surface area contributed by atoms with E-state index < -0.39 is 116 Å². The number of unbranched alkanes of at least 4 members (excludes halogenated alkanes) is 15. The molecular formula is C48H80O19S. The highest BCUT2D eigenvalue weighted by Crippen LogP contribution is 2.38. The van der Waals surface area contributed by atoms with Crippen molar-refractivity contribution in [1.82, 2.24) is 0 Å². The molecule has 0 aromatic carbocycles. The molecular weight excluding hydrogens is 913 g/mol. The minimum absolute atomic E-state index is 0.247. The van der Waals surface area contributed by atoms with Gasteiger partial charge in [0.2, 0.25) is 0 Å². The molecule has 0 aromatic heterocycles. The number of hydrogen-bond acceptors (Lipinski definition) is 20. The van der Waals surface area contributed by atoms with Crippen LogP contribution in [-0.4, -0.2) is 148 Å². The molecule has 0 N–H and O–H groups in total. The van der Waals surface area contributed by atoms with Crippen LogP contribution in [0.25, 0.3) is 0 Å². The smallest absolute Gasteiger partial charge is 0.303 e. The lowest BCUT2D eigenvalue weighted by Crippen LogP contribution is -2.66. The van der Waals surface area contributed by atoms with Gasteiger partial charge in [-0.2, -0.15) is 0 Å². The fourth-order valence-corrected chi connectivity index (χ4v) is 8.97. The van der Waals surface area contributed by atoms with Crippen molar-refractivity contribution in [3.8, 4) is 0 Å². The van der Waals surface area contributed by atoms with Crippen LogP contribution >= 0.6 is 11.8 Å². The summed E-state index contributed by atoms with van der Waals surface area (Å²) >= 11 is 1.18. The molecule has 2 saturated heterocycles. The first kappa shape index (κ1) is 60.6. The summed E-state index contributed by atoms with van der Waals surface area (Å²) in [6.07, 6.45) is 7.32. The summed E-state index contributed by atoms with van der Waals surface area (Å²) in [5.74, 6) is -5.29. The Balaban J connectivity index is 2.05. The van der Waals surface area contributed by atoms with Crippen LogP contribution in [0.4, 0.5) is 0 Å². The number of hydrogen-bond donors (Lipinski definition) is 0. The van der Waals surface area contributed by atoms with Crippen molar-refractivity contribution in [1.29, 1.82) is 0 Å². The van der Waals surface area contributed by atoms with E-state index in [0.717, 1.165) is 61.3 Å². The zero-order valence-corrected chi connectivity index (χ0v) is 42.5. The van der Waals surface area contributed by atoms with Gasteiger partial charge in [-0.05, 0) is 6.42 Å². The van der Waals surface area contributed by atoms with Crippen LogP contribution in [0.15, 0.2) is 0 Å². The van der Waals surface area contributed by atoms with E-state index in [1.807, 2.05) is 0 Å². The topological polar surface area (TPSA) is 230 Å². The molecule has 0 amide bonds. The SMILES string of the molecule is CCCCCCCCCCCCCCCCCCOCCOCCS[C@@H]1O[C@H](COC(C)=O)[C@@H](O[C@@H]2O[C@H](COC(C)=O)[C@H](OC(C)=O)[C@H](OC(C)=O)[C@H]2OC(C)=O)[C@H](OC(C)=O)[C@H]1OC(C)=O. The van der Waals surface area contributed by atoms with Crippen molar-refractivity contribution in [3.63, 3.8) is 0 Å². The number of ether oxygens (including phenoxy) is 12. The van der Waals surface area contributed by atoms with Crippen molar-refractivity contribution >= 4 is 53.5 Å². The van der Waals surface area contributed by atoms with Crippen LogP contribution in [0.5, 0.6) is 0 Å². The summed E-state index contributed by atoms with van der Waals surface area (Å²) in [4.78, 5) is 86.5. The van der Waals surface area contributed by atoms with Gasteiger partial charge in [0.1, 0.15) is 37.0 Å². The Kier molecular flexibility index (Phi) is 31.6. The molecule has 2 aliphatic heterocycles. The summed E-state index contributed by atoms with van der Waals surface area (Å²) in [7, 11) is 0. The van der Waals surface area contributed by atoms with Gasteiger partial charge in [-0.3, -0.25) is 33.6 Å². The molecule has 2 aliphatic rings. The number of carbonyl (C=O) groups excluding carboxylic acids is 7. The van der Waals surface area contributed by atoms with Gasteiger partial charge in [0.25, 0.3) is 0 Å². The second-order valence-electron chi connectivity index (χ2n) is 17.1. The third-order valence-electron chi connectivity index (χ3n) is 10.9. The van der Waals surface area contributed by atoms with Crippen LogP contribution in [-0.2, 0) is 90.4 Å². The second kappa shape index (κ2) is 35.5.